The highest BCUT2D eigenvalue weighted by molar-refractivity contribution is 5.79. The fourth-order valence-corrected chi connectivity index (χ4v) is 4.06. The Bertz CT molecular complexity index is 590. The van der Waals surface area contributed by atoms with E-state index in [1.807, 2.05) is 11.9 Å². The zero-order valence-electron chi connectivity index (χ0n) is 13.7. The standard InChI is InChI=1S/C19H25NO3/c1-20(17-11-10-13-4-2-3-5-16(13)12-17)18(21)14-6-8-15(9-7-14)19(22)23/h2-5,14-15,17H,6-12H2,1H3,(H,22,23). The van der Waals surface area contributed by atoms with Crippen molar-refractivity contribution in [2.45, 2.75) is 51.0 Å². The lowest BCUT2D eigenvalue weighted by atomic mass is 9.80. The van der Waals surface area contributed by atoms with Gasteiger partial charge in [-0.2, -0.15) is 0 Å². The van der Waals surface area contributed by atoms with Gasteiger partial charge in [-0.15, -0.1) is 0 Å². The van der Waals surface area contributed by atoms with E-state index in [1.165, 1.54) is 11.1 Å². The summed E-state index contributed by atoms with van der Waals surface area (Å²) >= 11 is 0. The molecule has 1 fully saturated rings. The van der Waals surface area contributed by atoms with Crippen LogP contribution in [0, 0.1) is 11.8 Å². The van der Waals surface area contributed by atoms with Gasteiger partial charge in [-0.1, -0.05) is 24.3 Å². The summed E-state index contributed by atoms with van der Waals surface area (Å²) in [6, 6.07) is 8.76. The molecule has 4 nitrogen and oxygen atoms in total. The number of fused-ring (bicyclic) bond motifs is 1. The first-order valence-corrected chi connectivity index (χ1v) is 8.62. The van der Waals surface area contributed by atoms with Crippen LogP contribution in [-0.4, -0.2) is 35.0 Å². The molecule has 4 heteroatoms. The van der Waals surface area contributed by atoms with Crippen LogP contribution < -0.4 is 0 Å². The number of aryl methyl sites for hydroxylation is 1. The molecule has 1 N–H and O–H groups in total. The minimum absolute atomic E-state index is 0.00719. The Balaban J connectivity index is 1.59. The van der Waals surface area contributed by atoms with Crippen LogP contribution in [-0.2, 0) is 22.4 Å². The maximum Gasteiger partial charge on any atom is 0.306 e. The molecule has 0 aliphatic heterocycles. The van der Waals surface area contributed by atoms with Crippen molar-refractivity contribution in [3.8, 4) is 0 Å². The molecular formula is C19H25NO3. The zero-order valence-corrected chi connectivity index (χ0v) is 13.7. The number of carboxylic acids is 1. The number of amides is 1. The van der Waals surface area contributed by atoms with Gasteiger partial charge in [0.2, 0.25) is 5.91 Å². The normalized spacial score (nSPS) is 27.1. The zero-order chi connectivity index (χ0) is 16.4. The largest absolute Gasteiger partial charge is 0.481 e. The van der Waals surface area contributed by atoms with Gasteiger partial charge in [0.15, 0.2) is 0 Å². The summed E-state index contributed by atoms with van der Waals surface area (Å²) in [5.41, 5.74) is 2.77. The highest BCUT2D eigenvalue weighted by Crippen LogP contribution is 2.32. The van der Waals surface area contributed by atoms with E-state index in [1.54, 1.807) is 0 Å². The molecule has 1 aromatic carbocycles. The minimum Gasteiger partial charge on any atom is -0.481 e. The number of benzene rings is 1. The Kier molecular flexibility index (Phi) is 4.69. The van der Waals surface area contributed by atoms with Crippen LogP contribution in [0.15, 0.2) is 24.3 Å². The molecule has 1 aromatic rings. The summed E-state index contributed by atoms with van der Waals surface area (Å²) in [5, 5.41) is 9.07. The van der Waals surface area contributed by atoms with Crippen molar-refractivity contribution < 1.29 is 14.7 Å². The number of carbonyl (C=O) groups excluding carboxylic acids is 1. The maximum atomic E-state index is 12.8. The van der Waals surface area contributed by atoms with E-state index in [0.717, 1.165) is 19.3 Å². The second-order valence-corrected chi connectivity index (χ2v) is 7.00. The third-order valence-corrected chi connectivity index (χ3v) is 5.64. The highest BCUT2D eigenvalue weighted by Gasteiger charge is 2.33. The lowest BCUT2D eigenvalue weighted by molar-refractivity contribution is -0.146. The van der Waals surface area contributed by atoms with Gasteiger partial charge in [0, 0.05) is 19.0 Å². The van der Waals surface area contributed by atoms with Crippen LogP contribution in [0.4, 0.5) is 0 Å². The predicted molar refractivity (Wildman–Crippen MR) is 88.1 cm³/mol. The average molecular weight is 315 g/mol. The molecular weight excluding hydrogens is 290 g/mol. The number of carboxylic acid groups (broad SMARTS) is 1. The first-order valence-electron chi connectivity index (χ1n) is 8.62. The average Bonchev–Trinajstić information content (AvgIpc) is 2.60. The van der Waals surface area contributed by atoms with Gasteiger partial charge < -0.3 is 10.0 Å². The van der Waals surface area contributed by atoms with Crippen molar-refractivity contribution in [3.63, 3.8) is 0 Å². The molecule has 2 aliphatic rings. The molecule has 3 rings (SSSR count). The van der Waals surface area contributed by atoms with Crippen molar-refractivity contribution >= 4 is 11.9 Å². The molecule has 0 bridgehead atoms. The minimum atomic E-state index is -0.715. The first-order chi connectivity index (χ1) is 11.1. The fourth-order valence-electron chi connectivity index (χ4n) is 4.06. The number of rotatable bonds is 3. The van der Waals surface area contributed by atoms with E-state index in [4.69, 9.17) is 5.11 Å². The van der Waals surface area contributed by atoms with Crippen LogP contribution in [0.2, 0.25) is 0 Å². The van der Waals surface area contributed by atoms with Gasteiger partial charge in [0.05, 0.1) is 5.92 Å². The number of aliphatic carboxylic acids is 1. The number of nitrogens with zero attached hydrogens (tertiary/aromatic N) is 1. The highest BCUT2D eigenvalue weighted by atomic mass is 16.4. The molecule has 1 saturated carbocycles. The SMILES string of the molecule is CN(C(=O)C1CCC(C(=O)O)CC1)C1CCc2ccccc2C1. The maximum absolute atomic E-state index is 12.8. The Morgan fingerprint density at radius 1 is 1.00 bits per heavy atom. The molecule has 1 atom stereocenters. The van der Waals surface area contributed by atoms with Crippen molar-refractivity contribution in [1.29, 1.82) is 0 Å². The van der Waals surface area contributed by atoms with E-state index in [0.29, 0.717) is 25.7 Å². The lowest BCUT2D eigenvalue weighted by Gasteiger charge is -2.36. The van der Waals surface area contributed by atoms with E-state index in [9.17, 15) is 9.59 Å². The number of carbonyl (C=O) groups is 2. The van der Waals surface area contributed by atoms with Crippen molar-refractivity contribution in [1.82, 2.24) is 4.90 Å². The third kappa shape index (κ3) is 3.41. The molecule has 2 aliphatic carbocycles. The van der Waals surface area contributed by atoms with E-state index < -0.39 is 5.97 Å². The molecule has 0 aromatic heterocycles. The van der Waals surface area contributed by atoms with Gasteiger partial charge >= 0.3 is 5.97 Å². The fraction of sp³-hybridized carbons (Fsp3) is 0.579. The molecule has 1 amide bonds. The number of likely N-dealkylation sites (N-methyl/N-ethyl adjacent to an activating group) is 1. The summed E-state index contributed by atoms with van der Waals surface area (Å²) < 4.78 is 0. The molecule has 0 saturated heterocycles. The van der Waals surface area contributed by atoms with Crippen LogP contribution in [0.3, 0.4) is 0 Å². The second-order valence-electron chi connectivity index (χ2n) is 7.00. The van der Waals surface area contributed by atoms with Crippen molar-refractivity contribution in [2.24, 2.45) is 11.8 Å². The summed E-state index contributed by atoms with van der Waals surface area (Å²) in [6.45, 7) is 0. The topological polar surface area (TPSA) is 57.6 Å². The molecule has 23 heavy (non-hydrogen) atoms. The van der Waals surface area contributed by atoms with Gasteiger partial charge in [0.1, 0.15) is 0 Å². The van der Waals surface area contributed by atoms with Crippen LogP contribution in [0.25, 0.3) is 0 Å². The Hall–Kier alpha value is -1.84. The number of hydrogen-bond acceptors (Lipinski definition) is 2. The van der Waals surface area contributed by atoms with Crippen molar-refractivity contribution in [3.05, 3.63) is 35.4 Å². The van der Waals surface area contributed by atoms with Crippen LogP contribution in [0.5, 0.6) is 0 Å². The summed E-state index contributed by atoms with van der Waals surface area (Å²) in [5.74, 6) is -0.759. The summed E-state index contributed by atoms with van der Waals surface area (Å²) in [4.78, 5) is 25.7. The van der Waals surface area contributed by atoms with Gasteiger partial charge in [-0.05, 0) is 56.1 Å². The lowest BCUT2D eigenvalue weighted by Crippen LogP contribution is -2.44. The van der Waals surface area contributed by atoms with E-state index >= 15 is 0 Å². The summed E-state index contributed by atoms with van der Waals surface area (Å²) in [6.07, 6.45) is 5.67. The number of hydrogen-bond donors (Lipinski definition) is 1. The Labute approximate surface area is 137 Å². The quantitative estimate of drug-likeness (QED) is 0.933. The molecule has 124 valence electrons. The monoisotopic (exact) mass is 315 g/mol. The Morgan fingerprint density at radius 3 is 2.26 bits per heavy atom. The van der Waals surface area contributed by atoms with Crippen LogP contribution >= 0.6 is 0 Å². The smallest absolute Gasteiger partial charge is 0.306 e. The predicted octanol–water partition coefficient (Wildman–Crippen LogP) is 2.89. The Morgan fingerprint density at radius 2 is 1.61 bits per heavy atom. The molecule has 0 spiro atoms. The second kappa shape index (κ2) is 6.73. The summed E-state index contributed by atoms with van der Waals surface area (Å²) in [7, 11) is 1.92. The van der Waals surface area contributed by atoms with Gasteiger partial charge in [0.25, 0.3) is 0 Å². The molecule has 0 heterocycles. The van der Waals surface area contributed by atoms with Crippen molar-refractivity contribution in [2.75, 3.05) is 7.05 Å². The van der Waals surface area contributed by atoms with E-state index in [2.05, 4.69) is 24.3 Å². The molecule has 1 unspecified atom stereocenters. The van der Waals surface area contributed by atoms with E-state index in [-0.39, 0.29) is 23.8 Å². The van der Waals surface area contributed by atoms with Gasteiger partial charge in [-0.3, -0.25) is 9.59 Å². The molecule has 0 radical (unpaired) electrons. The first kappa shape index (κ1) is 16.0. The van der Waals surface area contributed by atoms with Gasteiger partial charge in [-0.25, -0.2) is 0 Å². The third-order valence-electron chi connectivity index (χ3n) is 5.64. The van der Waals surface area contributed by atoms with Crippen LogP contribution in [0.1, 0.15) is 43.2 Å².